The Hall–Kier alpha value is -2.89. The molecule has 0 unspecified atom stereocenters. The monoisotopic (exact) mass is 424 g/mol. The summed E-state index contributed by atoms with van der Waals surface area (Å²) in [5.74, 6) is -1.08. The lowest BCUT2D eigenvalue weighted by molar-refractivity contribution is -0.399. The number of hydrogen-bond acceptors (Lipinski definition) is 4. The van der Waals surface area contributed by atoms with Crippen LogP contribution in [0.15, 0.2) is 54.6 Å². The summed E-state index contributed by atoms with van der Waals surface area (Å²) in [6.45, 7) is 4.76. The van der Waals surface area contributed by atoms with Crippen LogP contribution in [0.1, 0.15) is 25.0 Å². The summed E-state index contributed by atoms with van der Waals surface area (Å²) in [5, 5.41) is 21.2. The minimum absolute atomic E-state index is 0.160. The van der Waals surface area contributed by atoms with E-state index in [0.717, 1.165) is 29.6 Å². The summed E-state index contributed by atoms with van der Waals surface area (Å²) in [7, 11) is 2.11. The lowest BCUT2D eigenvalue weighted by atomic mass is 9.98. The van der Waals surface area contributed by atoms with Crippen LogP contribution in [0.3, 0.4) is 0 Å². The van der Waals surface area contributed by atoms with Crippen LogP contribution >= 0.6 is 11.6 Å². The number of benzene rings is 3. The Kier molecular flexibility index (Phi) is 6.75. The molecule has 156 valence electrons. The highest BCUT2D eigenvalue weighted by Gasteiger charge is 2.31. The molecule has 0 radical (unpaired) electrons. The van der Waals surface area contributed by atoms with Crippen LogP contribution in [0.2, 0.25) is 5.02 Å². The normalized spacial score (nSPS) is 12.0. The van der Waals surface area contributed by atoms with E-state index in [1.165, 1.54) is 27.9 Å². The molecule has 0 saturated carbocycles. The van der Waals surface area contributed by atoms with Crippen LogP contribution < -0.4 is 10.0 Å². The van der Waals surface area contributed by atoms with E-state index in [2.05, 4.69) is 72.0 Å². The fraction of sp³-hybridized carbons (Fsp3) is 0.250. The first-order valence-electron chi connectivity index (χ1n) is 9.85. The lowest BCUT2D eigenvalue weighted by Crippen LogP contribution is -2.26. The van der Waals surface area contributed by atoms with E-state index >= 15 is 0 Å². The van der Waals surface area contributed by atoms with Gasteiger partial charge in [0.15, 0.2) is 0 Å². The van der Waals surface area contributed by atoms with Gasteiger partial charge < -0.3 is 19.9 Å². The predicted molar refractivity (Wildman–Crippen MR) is 120 cm³/mol. The van der Waals surface area contributed by atoms with Gasteiger partial charge in [-0.25, -0.2) is 0 Å². The Morgan fingerprint density at radius 1 is 1.13 bits per heavy atom. The molecule has 0 saturated heterocycles. The van der Waals surface area contributed by atoms with Crippen molar-refractivity contribution in [2.45, 2.75) is 13.8 Å². The number of rotatable bonds is 5. The SMILES string of the molecule is CC(=O)[O-].CCN(CCO)c1ccc(C2=[N+](C)c3ccc(Cl)c4cccc2c34)cc1. The highest BCUT2D eigenvalue weighted by Crippen LogP contribution is 2.39. The van der Waals surface area contributed by atoms with Crippen molar-refractivity contribution in [2.75, 3.05) is 31.6 Å². The van der Waals surface area contributed by atoms with E-state index in [1.54, 1.807) is 0 Å². The number of anilines is 1. The van der Waals surface area contributed by atoms with Crippen LogP contribution in [0.4, 0.5) is 11.4 Å². The summed E-state index contributed by atoms with van der Waals surface area (Å²) in [5.41, 5.74) is 5.92. The second-order valence-electron chi connectivity index (χ2n) is 7.04. The van der Waals surface area contributed by atoms with Gasteiger partial charge in [0, 0.05) is 46.8 Å². The van der Waals surface area contributed by atoms with Crippen LogP contribution in [-0.4, -0.2) is 48.1 Å². The van der Waals surface area contributed by atoms with E-state index in [1.807, 2.05) is 6.07 Å². The largest absolute Gasteiger partial charge is 0.550 e. The molecule has 0 spiro atoms. The molecule has 1 aliphatic rings. The van der Waals surface area contributed by atoms with Crippen molar-refractivity contribution in [2.24, 2.45) is 0 Å². The predicted octanol–water partition coefficient (Wildman–Crippen LogP) is 3.19. The highest BCUT2D eigenvalue weighted by atomic mass is 35.5. The molecular formula is C24H25ClN2O3. The molecule has 0 amide bonds. The van der Waals surface area contributed by atoms with E-state index < -0.39 is 5.97 Å². The molecule has 1 N–H and O–H groups in total. The maximum Gasteiger partial charge on any atom is 0.220 e. The second-order valence-corrected chi connectivity index (χ2v) is 7.45. The number of carboxylic acid groups (broad SMARTS) is 1. The van der Waals surface area contributed by atoms with Gasteiger partial charge in [-0.15, -0.1) is 0 Å². The molecule has 1 aliphatic heterocycles. The van der Waals surface area contributed by atoms with E-state index in [-0.39, 0.29) is 6.61 Å². The molecule has 0 fully saturated rings. The number of carbonyl (C=O) groups is 1. The van der Waals surface area contributed by atoms with Crippen molar-refractivity contribution in [1.29, 1.82) is 0 Å². The molecule has 3 aromatic carbocycles. The van der Waals surface area contributed by atoms with Crippen molar-refractivity contribution in [3.05, 3.63) is 70.7 Å². The molecule has 0 bridgehead atoms. The third kappa shape index (κ3) is 4.18. The number of carboxylic acids is 1. The standard InChI is InChI=1S/C22H22ClN2O.C2H4O2/c1-3-25(13-14-26)16-9-7-15(8-10-16)22-18-6-4-5-17-19(23)11-12-20(21(17)18)24(22)2;1-2(3)4/h4-12,26H,3,13-14H2,1-2H3;1H3,(H,3,4)/q+1;/p-1. The van der Waals surface area contributed by atoms with Crippen LogP contribution in [0, 0.1) is 0 Å². The summed E-state index contributed by atoms with van der Waals surface area (Å²) in [4.78, 5) is 11.1. The van der Waals surface area contributed by atoms with Crippen LogP contribution in [0.25, 0.3) is 10.8 Å². The third-order valence-electron chi connectivity index (χ3n) is 5.17. The second kappa shape index (κ2) is 9.28. The number of carbonyl (C=O) groups excluding carboxylic acids is 1. The first-order valence-corrected chi connectivity index (χ1v) is 10.2. The fourth-order valence-corrected chi connectivity index (χ4v) is 4.12. The zero-order valence-electron chi connectivity index (χ0n) is 17.4. The Balaban J connectivity index is 0.000000589. The van der Waals surface area contributed by atoms with Gasteiger partial charge in [-0.3, -0.25) is 0 Å². The van der Waals surface area contributed by atoms with Gasteiger partial charge in [0.2, 0.25) is 11.4 Å². The third-order valence-corrected chi connectivity index (χ3v) is 5.50. The fourth-order valence-electron chi connectivity index (χ4n) is 3.90. The number of aliphatic hydroxyl groups excluding tert-OH is 1. The molecule has 1 heterocycles. The Morgan fingerprint density at radius 2 is 1.80 bits per heavy atom. The Labute approximate surface area is 181 Å². The first-order chi connectivity index (χ1) is 14.4. The zero-order chi connectivity index (χ0) is 21.8. The summed E-state index contributed by atoms with van der Waals surface area (Å²) >= 11 is 6.42. The van der Waals surface area contributed by atoms with Crippen molar-refractivity contribution >= 4 is 45.4 Å². The van der Waals surface area contributed by atoms with Gasteiger partial charge >= 0.3 is 0 Å². The molecule has 5 nitrogen and oxygen atoms in total. The summed E-state index contributed by atoms with van der Waals surface area (Å²) in [6, 6.07) is 19.0. The Morgan fingerprint density at radius 3 is 2.40 bits per heavy atom. The summed E-state index contributed by atoms with van der Waals surface area (Å²) in [6.07, 6.45) is 0. The smallest absolute Gasteiger partial charge is 0.220 e. The maximum atomic E-state index is 9.24. The van der Waals surface area contributed by atoms with E-state index in [4.69, 9.17) is 21.5 Å². The number of aliphatic carboxylic acids is 1. The number of likely N-dealkylation sites (N-methyl/N-ethyl adjacent to an activating group) is 1. The average molecular weight is 425 g/mol. The van der Waals surface area contributed by atoms with Crippen LogP contribution in [-0.2, 0) is 4.79 Å². The minimum atomic E-state index is -1.08. The number of aliphatic hydroxyl groups is 1. The molecule has 4 rings (SSSR count). The maximum absolute atomic E-state index is 9.24. The first kappa shape index (κ1) is 21.8. The number of halogens is 1. The zero-order valence-corrected chi connectivity index (χ0v) is 18.1. The molecular weight excluding hydrogens is 400 g/mol. The molecule has 6 heteroatoms. The molecule has 30 heavy (non-hydrogen) atoms. The molecule has 0 aromatic heterocycles. The van der Waals surface area contributed by atoms with Crippen molar-refractivity contribution in [3.63, 3.8) is 0 Å². The lowest BCUT2D eigenvalue weighted by Gasteiger charge is -2.22. The molecule has 0 atom stereocenters. The van der Waals surface area contributed by atoms with Crippen molar-refractivity contribution in [1.82, 2.24) is 0 Å². The minimum Gasteiger partial charge on any atom is -0.550 e. The topological polar surface area (TPSA) is 66.6 Å². The number of nitrogens with zero attached hydrogens (tertiary/aromatic N) is 2. The van der Waals surface area contributed by atoms with Gasteiger partial charge in [0.25, 0.3) is 0 Å². The van der Waals surface area contributed by atoms with Crippen molar-refractivity contribution in [3.8, 4) is 0 Å². The molecule has 0 aliphatic carbocycles. The van der Waals surface area contributed by atoms with Gasteiger partial charge in [-0.05, 0) is 50.2 Å². The quantitative estimate of drug-likeness (QED) is 0.639. The van der Waals surface area contributed by atoms with E-state index in [9.17, 15) is 5.11 Å². The van der Waals surface area contributed by atoms with Gasteiger partial charge in [-0.1, -0.05) is 23.7 Å². The van der Waals surface area contributed by atoms with Gasteiger partial charge in [0.05, 0.1) is 17.6 Å². The summed E-state index contributed by atoms with van der Waals surface area (Å²) < 4.78 is 2.24. The van der Waals surface area contributed by atoms with Crippen molar-refractivity contribution < 1.29 is 19.6 Å². The highest BCUT2D eigenvalue weighted by molar-refractivity contribution is 6.37. The van der Waals surface area contributed by atoms with E-state index in [0.29, 0.717) is 6.54 Å². The van der Waals surface area contributed by atoms with Gasteiger partial charge in [-0.2, -0.15) is 4.58 Å². The molecule has 3 aromatic rings. The van der Waals surface area contributed by atoms with Crippen LogP contribution in [0.5, 0.6) is 0 Å². The van der Waals surface area contributed by atoms with Gasteiger partial charge in [0.1, 0.15) is 7.05 Å². The number of hydrogen-bond donors (Lipinski definition) is 1. The average Bonchev–Trinajstić information content (AvgIpc) is 3.01. The Bertz CT molecular complexity index is 1100.